The number of rotatable bonds is 4. The van der Waals surface area contributed by atoms with Crippen LogP contribution >= 0.6 is 0 Å². The van der Waals surface area contributed by atoms with Crippen LogP contribution in [0.4, 0.5) is 4.39 Å². The number of nitrogens with one attached hydrogen (secondary N) is 1. The van der Waals surface area contributed by atoms with Gasteiger partial charge in [0.25, 0.3) is 0 Å². The molecule has 0 aliphatic rings. The van der Waals surface area contributed by atoms with Crippen LogP contribution in [0.1, 0.15) is 0 Å². The molecule has 0 spiro atoms. The van der Waals surface area contributed by atoms with Gasteiger partial charge in [0.05, 0.1) is 10.8 Å². The summed E-state index contributed by atoms with van der Waals surface area (Å²) in [5, 5.41) is 2.90. The minimum absolute atomic E-state index is 0.338. The minimum atomic E-state index is -1.10. The standard InChI is InChI=1S/C9H12FNOS/c1-11-5-6-13(12)9-4-2-3-8(10)7-9/h2-4,7,11H,5-6H2,1H3. The summed E-state index contributed by atoms with van der Waals surface area (Å²) in [5.74, 6) is 0.176. The Morgan fingerprint density at radius 1 is 1.54 bits per heavy atom. The van der Waals surface area contributed by atoms with Gasteiger partial charge in [-0.25, -0.2) is 4.39 Å². The Morgan fingerprint density at radius 3 is 2.92 bits per heavy atom. The number of hydrogen-bond acceptors (Lipinski definition) is 2. The molecule has 4 heteroatoms. The van der Waals surface area contributed by atoms with Gasteiger partial charge in [0, 0.05) is 17.2 Å². The Kier molecular flexibility index (Phi) is 4.05. The average Bonchev–Trinajstić information content (AvgIpc) is 2.14. The van der Waals surface area contributed by atoms with Crippen molar-refractivity contribution in [3.05, 3.63) is 30.1 Å². The van der Waals surface area contributed by atoms with E-state index in [1.54, 1.807) is 19.2 Å². The minimum Gasteiger partial charge on any atom is -0.319 e. The van der Waals surface area contributed by atoms with Crippen LogP contribution in [0.2, 0.25) is 0 Å². The maximum absolute atomic E-state index is 12.7. The number of benzene rings is 1. The van der Waals surface area contributed by atoms with E-state index in [1.807, 2.05) is 0 Å². The van der Waals surface area contributed by atoms with Crippen LogP contribution in [0.5, 0.6) is 0 Å². The molecule has 0 heterocycles. The Labute approximate surface area is 79.6 Å². The molecular weight excluding hydrogens is 189 g/mol. The quantitative estimate of drug-likeness (QED) is 0.792. The van der Waals surface area contributed by atoms with E-state index in [-0.39, 0.29) is 5.82 Å². The molecule has 0 saturated carbocycles. The molecule has 72 valence electrons. The maximum atomic E-state index is 12.7. The highest BCUT2D eigenvalue weighted by atomic mass is 32.2. The van der Waals surface area contributed by atoms with Crippen LogP contribution < -0.4 is 5.32 Å². The van der Waals surface area contributed by atoms with Crippen molar-refractivity contribution in [2.24, 2.45) is 0 Å². The third-order valence-corrected chi connectivity index (χ3v) is 2.95. The number of halogens is 1. The first-order valence-corrected chi connectivity index (χ1v) is 5.34. The normalized spacial score (nSPS) is 12.8. The molecule has 1 aromatic carbocycles. The highest BCUT2D eigenvalue weighted by Crippen LogP contribution is 2.08. The summed E-state index contributed by atoms with van der Waals surface area (Å²) >= 11 is 0. The lowest BCUT2D eigenvalue weighted by atomic mass is 10.4. The largest absolute Gasteiger partial charge is 0.319 e. The first kappa shape index (κ1) is 10.3. The predicted molar refractivity (Wildman–Crippen MR) is 51.6 cm³/mol. The molecule has 0 radical (unpaired) electrons. The molecule has 1 N–H and O–H groups in total. The van der Waals surface area contributed by atoms with Crippen molar-refractivity contribution in [3.8, 4) is 0 Å². The summed E-state index contributed by atoms with van der Waals surface area (Å²) in [5.41, 5.74) is 0. The zero-order valence-electron chi connectivity index (χ0n) is 7.42. The molecule has 0 aliphatic carbocycles. The average molecular weight is 201 g/mol. The van der Waals surface area contributed by atoms with Crippen molar-refractivity contribution >= 4 is 10.8 Å². The van der Waals surface area contributed by atoms with E-state index in [9.17, 15) is 8.60 Å². The fraction of sp³-hybridized carbons (Fsp3) is 0.333. The van der Waals surface area contributed by atoms with Crippen molar-refractivity contribution in [3.63, 3.8) is 0 Å². The van der Waals surface area contributed by atoms with Gasteiger partial charge in [-0.3, -0.25) is 4.21 Å². The molecule has 1 unspecified atom stereocenters. The summed E-state index contributed by atoms with van der Waals surface area (Å²) in [7, 11) is 0.698. The lowest BCUT2D eigenvalue weighted by Gasteiger charge is -2.01. The molecule has 0 fully saturated rings. The Bertz CT molecular complexity index is 303. The fourth-order valence-electron chi connectivity index (χ4n) is 0.921. The molecule has 13 heavy (non-hydrogen) atoms. The van der Waals surface area contributed by atoms with E-state index >= 15 is 0 Å². The second-order valence-corrected chi connectivity index (χ2v) is 4.18. The summed E-state index contributed by atoms with van der Waals surface area (Å²) in [6.07, 6.45) is 0. The van der Waals surface area contributed by atoms with Crippen molar-refractivity contribution < 1.29 is 8.60 Å². The second-order valence-electron chi connectivity index (χ2n) is 2.61. The molecule has 1 rings (SSSR count). The van der Waals surface area contributed by atoms with Crippen LogP contribution in [-0.4, -0.2) is 23.6 Å². The van der Waals surface area contributed by atoms with Crippen molar-refractivity contribution in [2.75, 3.05) is 19.3 Å². The lowest BCUT2D eigenvalue weighted by molar-refractivity contribution is 0.622. The molecule has 2 nitrogen and oxygen atoms in total. The van der Waals surface area contributed by atoms with Gasteiger partial charge in [0.2, 0.25) is 0 Å². The summed E-state index contributed by atoms with van der Waals surface area (Å²) in [4.78, 5) is 0.551. The Morgan fingerprint density at radius 2 is 2.31 bits per heavy atom. The first-order chi connectivity index (χ1) is 6.24. The first-order valence-electron chi connectivity index (χ1n) is 4.02. The molecule has 0 bridgehead atoms. The van der Waals surface area contributed by atoms with Crippen LogP contribution in [0.15, 0.2) is 29.2 Å². The molecule has 0 aromatic heterocycles. The van der Waals surface area contributed by atoms with Gasteiger partial charge in [-0.2, -0.15) is 0 Å². The maximum Gasteiger partial charge on any atom is 0.124 e. The summed E-state index contributed by atoms with van der Waals surface area (Å²) < 4.78 is 24.2. The van der Waals surface area contributed by atoms with E-state index in [2.05, 4.69) is 5.32 Å². The highest BCUT2D eigenvalue weighted by molar-refractivity contribution is 7.85. The fourth-order valence-corrected chi connectivity index (χ4v) is 2.02. The highest BCUT2D eigenvalue weighted by Gasteiger charge is 2.03. The molecule has 0 saturated heterocycles. The Hall–Kier alpha value is -0.740. The summed E-state index contributed by atoms with van der Waals surface area (Å²) in [6, 6.07) is 5.90. The van der Waals surface area contributed by atoms with Gasteiger partial charge in [0.1, 0.15) is 5.82 Å². The van der Waals surface area contributed by atoms with E-state index in [0.717, 1.165) is 0 Å². The smallest absolute Gasteiger partial charge is 0.124 e. The topological polar surface area (TPSA) is 29.1 Å². The van der Waals surface area contributed by atoms with Crippen LogP contribution in [0, 0.1) is 5.82 Å². The predicted octanol–water partition coefficient (Wildman–Crippen LogP) is 1.15. The van der Waals surface area contributed by atoms with E-state index < -0.39 is 10.8 Å². The van der Waals surface area contributed by atoms with Crippen molar-refractivity contribution in [2.45, 2.75) is 4.90 Å². The monoisotopic (exact) mass is 201 g/mol. The third-order valence-electron chi connectivity index (χ3n) is 1.60. The van der Waals surface area contributed by atoms with Crippen LogP contribution in [0.25, 0.3) is 0 Å². The van der Waals surface area contributed by atoms with Gasteiger partial charge in [0.15, 0.2) is 0 Å². The van der Waals surface area contributed by atoms with Crippen molar-refractivity contribution in [1.29, 1.82) is 0 Å². The SMILES string of the molecule is CNCCS(=O)c1cccc(F)c1. The van der Waals surface area contributed by atoms with E-state index in [0.29, 0.717) is 17.2 Å². The van der Waals surface area contributed by atoms with Crippen LogP contribution in [0.3, 0.4) is 0 Å². The van der Waals surface area contributed by atoms with Gasteiger partial charge < -0.3 is 5.32 Å². The third kappa shape index (κ3) is 3.24. The number of hydrogen-bond donors (Lipinski definition) is 1. The zero-order valence-corrected chi connectivity index (χ0v) is 8.23. The lowest BCUT2D eigenvalue weighted by Crippen LogP contribution is -2.15. The van der Waals surface area contributed by atoms with Gasteiger partial charge in [-0.15, -0.1) is 0 Å². The molecular formula is C9H12FNOS. The summed E-state index contributed by atoms with van der Waals surface area (Å²) in [6.45, 7) is 0.670. The Balaban J connectivity index is 2.66. The van der Waals surface area contributed by atoms with Gasteiger partial charge in [-0.1, -0.05) is 6.07 Å². The van der Waals surface area contributed by atoms with Crippen molar-refractivity contribution in [1.82, 2.24) is 5.32 Å². The van der Waals surface area contributed by atoms with Crippen LogP contribution in [-0.2, 0) is 10.8 Å². The van der Waals surface area contributed by atoms with E-state index in [4.69, 9.17) is 0 Å². The van der Waals surface area contributed by atoms with Gasteiger partial charge in [-0.05, 0) is 25.2 Å². The molecule has 0 aliphatic heterocycles. The molecule has 1 aromatic rings. The van der Waals surface area contributed by atoms with E-state index in [1.165, 1.54) is 12.1 Å². The molecule has 1 atom stereocenters. The zero-order chi connectivity index (χ0) is 9.68. The van der Waals surface area contributed by atoms with Gasteiger partial charge >= 0.3 is 0 Å². The molecule has 0 amide bonds. The second kappa shape index (κ2) is 5.09.